The van der Waals surface area contributed by atoms with Crippen molar-refractivity contribution in [3.63, 3.8) is 0 Å². The molecule has 1 saturated carbocycles. The molecule has 2 heterocycles. The molecule has 0 radical (unpaired) electrons. The Kier molecular flexibility index (Phi) is 3.85. The van der Waals surface area contributed by atoms with Crippen molar-refractivity contribution in [2.24, 2.45) is 23.7 Å². The molecular formula is C16H26N2O2. The first-order chi connectivity index (χ1) is 9.60. The van der Waals surface area contributed by atoms with Gasteiger partial charge < -0.3 is 5.32 Å². The van der Waals surface area contributed by atoms with Crippen LogP contribution in [-0.4, -0.2) is 35.8 Å². The van der Waals surface area contributed by atoms with Gasteiger partial charge in [-0.05, 0) is 51.0 Å². The Morgan fingerprint density at radius 2 is 1.75 bits per heavy atom. The topological polar surface area (TPSA) is 49.4 Å². The molecule has 112 valence electrons. The monoisotopic (exact) mass is 278 g/mol. The lowest BCUT2D eigenvalue weighted by Gasteiger charge is -2.30. The van der Waals surface area contributed by atoms with Crippen LogP contribution >= 0.6 is 0 Å². The van der Waals surface area contributed by atoms with Gasteiger partial charge >= 0.3 is 0 Å². The van der Waals surface area contributed by atoms with E-state index in [0.29, 0.717) is 24.4 Å². The van der Waals surface area contributed by atoms with Gasteiger partial charge in [0.15, 0.2) is 0 Å². The molecule has 4 unspecified atom stereocenters. The zero-order valence-electron chi connectivity index (χ0n) is 12.6. The third-order valence-corrected chi connectivity index (χ3v) is 5.61. The maximum atomic E-state index is 12.5. The van der Waals surface area contributed by atoms with Crippen LogP contribution in [-0.2, 0) is 9.59 Å². The Morgan fingerprint density at radius 1 is 1.10 bits per heavy atom. The summed E-state index contributed by atoms with van der Waals surface area (Å²) in [5.74, 6) is 1.27. The van der Waals surface area contributed by atoms with Crippen LogP contribution in [0, 0.1) is 23.7 Å². The van der Waals surface area contributed by atoms with Crippen LogP contribution in [0.3, 0.4) is 0 Å². The highest BCUT2D eigenvalue weighted by molar-refractivity contribution is 6.05. The first-order valence-electron chi connectivity index (χ1n) is 8.18. The van der Waals surface area contributed by atoms with E-state index < -0.39 is 0 Å². The number of hydrogen-bond acceptors (Lipinski definition) is 3. The Hall–Kier alpha value is -0.900. The van der Waals surface area contributed by atoms with Crippen molar-refractivity contribution in [2.45, 2.75) is 52.0 Å². The number of rotatable bonds is 3. The van der Waals surface area contributed by atoms with E-state index in [1.807, 2.05) is 0 Å². The van der Waals surface area contributed by atoms with Gasteiger partial charge in [-0.1, -0.05) is 13.3 Å². The summed E-state index contributed by atoms with van der Waals surface area (Å²) in [6.07, 6.45) is 5.23. The Bertz CT molecular complexity index is 377. The van der Waals surface area contributed by atoms with Crippen molar-refractivity contribution >= 4 is 11.8 Å². The molecule has 20 heavy (non-hydrogen) atoms. The van der Waals surface area contributed by atoms with Gasteiger partial charge in [0.05, 0.1) is 11.8 Å². The maximum absolute atomic E-state index is 12.5. The van der Waals surface area contributed by atoms with Crippen molar-refractivity contribution in [1.29, 1.82) is 0 Å². The number of carbonyl (C=O) groups excluding carboxylic acids is 2. The van der Waals surface area contributed by atoms with Crippen molar-refractivity contribution in [1.82, 2.24) is 10.2 Å². The van der Waals surface area contributed by atoms with Crippen molar-refractivity contribution < 1.29 is 9.59 Å². The van der Waals surface area contributed by atoms with E-state index in [2.05, 4.69) is 19.2 Å². The summed E-state index contributed by atoms with van der Waals surface area (Å²) in [6, 6.07) is 0.570. The normalized spacial score (nSPS) is 41.3. The highest BCUT2D eigenvalue weighted by atomic mass is 16.2. The van der Waals surface area contributed by atoms with Gasteiger partial charge in [-0.3, -0.25) is 14.5 Å². The molecule has 2 aliphatic heterocycles. The van der Waals surface area contributed by atoms with Gasteiger partial charge in [-0.25, -0.2) is 0 Å². The zero-order valence-corrected chi connectivity index (χ0v) is 12.6. The molecule has 4 nitrogen and oxygen atoms in total. The standard InChI is InChI=1S/C16H26N2O2/c1-3-11-6-13-14(7-11)16(20)18(15(13)19)9-12-5-4-10(2)17-8-12/h10-14,17H,3-9H2,1-2H3. The number of piperidine rings is 1. The fraction of sp³-hybridized carbons (Fsp3) is 0.875. The minimum absolute atomic E-state index is 0.00271. The molecule has 0 spiro atoms. The van der Waals surface area contributed by atoms with E-state index in [-0.39, 0.29) is 23.7 Å². The minimum atomic E-state index is 0.00271. The van der Waals surface area contributed by atoms with Crippen LogP contribution in [0.15, 0.2) is 0 Å². The van der Waals surface area contributed by atoms with Crippen molar-refractivity contribution in [3.05, 3.63) is 0 Å². The first kappa shape index (κ1) is 14.1. The molecule has 1 aliphatic carbocycles. The molecule has 0 bridgehead atoms. The fourth-order valence-electron chi connectivity index (χ4n) is 4.18. The van der Waals surface area contributed by atoms with E-state index >= 15 is 0 Å². The molecule has 0 aromatic carbocycles. The van der Waals surface area contributed by atoms with Crippen LogP contribution in [0.4, 0.5) is 0 Å². The molecule has 2 amide bonds. The number of likely N-dealkylation sites (tertiary alicyclic amines) is 1. The molecule has 4 heteroatoms. The molecule has 1 N–H and O–H groups in total. The van der Waals surface area contributed by atoms with Crippen molar-refractivity contribution in [2.75, 3.05) is 13.1 Å². The SMILES string of the molecule is CCC1CC2C(=O)N(CC3CCC(C)NC3)C(=O)C2C1. The van der Waals surface area contributed by atoms with E-state index in [1.54, 1.807) is 4.90 Å². The summed E-state index contributed by atoms with van der Waals surface area (Å²) >= 11 is 0. The molecule has 3 aliphatic rings. The van der Waals surface area contributed by atoms with Gasteiger partial charge in [-0.15, -0.1) is 0 Å². The number of fused-ring (bicyclic) bond motifs is 1. The molecule has 0 aromatic rings. The van der Waals surface area contributed by atoms with Gasteiger partial charge in [0.1, 0.15) is 0 Å². The smallest absolute Gasteiger partial charge is 0.233 e. The van der Waals surface area contributed by atoms with Gasteiger partial charge in [0.25, 0.3) is 0 Å². The van der Waals surface area contributed by atoms with E-state index in [1.165, 1.54) is 0 Å². The number of amides is 2. The van der Waals surface area contributed by atoms with E-state index in [4.69, 9.17) is 0 Å². The zero-order chi connectivity index (χ0) is 14.3. The summed E-state index contributed by atoms with van der Waals surface area (Å²) < 4.78 is 0. The minimum Gasteiger partial charge on any atom is -0.314 e. The largest absolute Gasteiger partial charge is 0.314 e. The highest BCUT2D eigenvalue weighted by Crippen LogP contribution is 2.44. The van der Waals surface area contributed by atoms with Crippen LogP contribution in [0.1, 0.15) is 46.0 Å². The van der Waals surface area contributed by atoms with Gasteiger partial charge in [0.2, 0.25) is 11.8 Å². The average Bonchev–Trinajstić information content (AvgIpc) is 2.97. The third-order valence-electron chi connectivity index (χ3n) is 5.61. The van der Waals surface area contributed by atoms with Crippen LogP contribution in [0.25, 0.3) is 0 Å². The average molecular weight is 278 g/mol. The molecule has 4 atom stereocenters. The number of nitrogens with zero attached hydrogens (tertiary/aromatic N) is 1. The van der Waals surface area contributed by atoms with E-state index in [0.717, 1.165) is 38.6 Å². The summed E-state index contributed by atoms with van der Waals surface area (Å²) in [5.41, 5.74) is 0. The molecule has 2 saturated heterocycles. The number of imide groups is 1. The predicted octanol–water partition coefficient (Wildman–Crippen LogP) is 1.80. The predicted molar refractivity (Wildman–Crippen MR) is 76.9 cm³/mol. The summed E-state index contributed by atoms with van der Waals surface area (Å²) in [5, 5.41) is 3.45. The highest BCUT2D eigenvalue weighted by Gasteiger charge is 2.52. The maximum Gasteiger partial charge on any atom is 0.233 e. The second kappa shape index (κ2) is 5.47. The van der Waals surface area contributed by atoms with Gasteiger partial charge in [0, 0.05) is 12.6 Å². The molecule has 3 fully saturated rings. The first-order valence-corrected chi connectivity index (χ1v) is 8.18. The lowest BCUT2D eigenvalue weighted by molar-refractivity contribution is -0.141. The fourth-order valence-corrected chi connectivity index (χ4v) is 4.18. The Balaban J connectivity index is 1.62. The lowest BCUT2D eigenvalue weighted by Crippen LogP contribution is -2.44. The Labute approximate surface area is 121 Å². The quantitative estimate of drug-likeness (QED) is 0.801. The third kappa shape index (κ3) is 2.39. The lowest BCUT2D eigenvalue weighted by atomic mass is 9.95. The van der Waals surface area contributed by atoms with Gasteiger partial charge in [-0.2, -0.15) is 0 Å². The van der Waals surface area contributed by atoms with Crippen LogP contribution in [0.5, 0.6) is 0 Å². The summed E-state index contributed by atoms with van der Waals surface area (Å²) in [7, 11) is 0. The molecular weight excluding hydrogens is 252 g/mol. The Morgan fingerprint density at radius 3 is 2.25 bits per heavy atom. The molecule has 3 rings (SSSR count). The van der Waals surface area contributed by atoms with Crippen LogP contribution in [0.2, 0.25) is 0 Å². The number of hydrogen-bond donors (Lipinski definition) is 1. The number of carbonyl (C=O) groups is 2. The summed E-state index contributed by atoms with van der Waals surface area (Å²) in [6.45, 7) is 5.93. The second-order valence-electron chi connectivity index (χ2n) is 7.00. The van der Waals surface area contributed by atoms with E-state index in [9.17, 15) is 9.59 Å². The second-order valence-corrected chi connectivity index (χ2v) is 7.00. The molecule has 0 aromatic heterocycles. The number of nitrogens with one attached hydrogen (secondary N) is 1. The van der Waals surface area contributed by atoms with Crippen LogP contribution < -0.4 is 5.32 Å². The van der Waals surface area contributed by atoms with Crippen molar-refractivity contribution in [3.8, 4) is 0 Å². The summed E-state index contributed by atoms with van der Waals surface area (Å²) in [4.78, 5) is 26.6.